The molecule has 0 saturated carbocycles. The number of aromatic hydroxyl groups is 1. The number of hydrogen-bond donors (Lipinski definition) is 1. The molecule has 35 heavy (non-hydrogen) atoms. The first-order valence-corrected chi connectivity index (χ1v) is 11.6. The third kappa shape index (κ3) is 10.2. The highest BCUT2D eigenvalue weighted by Gasteiger charge is 2.00. The van der Waals surface area contributed by atoms with Crippen molar-refractivity contribution >= 4 is 0 Å². The summed E-state index contributed by atoms with van der Waals surface area (Å²) >= 11 is 0. The van der Waals surface area contributed by atoms with E-state index in [0.29, 0.717) is 25.6 Å². The number of rotatable bonds is 10. The van der Waals surface area contributed by atoms with Crippen molar-refractivity contribution in [1.82, 2.24) is 4.90 Å². The Kier molecular flexibility index (Phi) is 10.5. The molecule has 5 nitrogen and oxygen atoms in total. The predicted octanol–water partition coefficient (Wildman–Crippen LogP) is 6.18. The van der Waals surface area contributed by atoms with Crippen molar-refractivity contribution in [3.8, 4) is 23.0 Å². The summed E-state index contributed by atoms with van der Waals surface area (Å²) in [5.41, 5.74) is 2.27. The first kappa shape index (κ1) is 25.7. The van der Waals surface area contributed by atoms with Crippen LogP contribution in [0, 0.1) is 0 Å². The molecule has 0 aromatic heterocycles. The Hall–Kier alpha value is -3.96. The minimum Gasteiger partial charge on any atom is -0.508 e. The lowest BCUT2D eigenvalue weighted by molar-refractivity contribution is 0.258. The van der Waals surface area contributed by atoms with Crippen LogP contribution in [0.3, 0.4) is 0 Å². The quantitative estimate of drug-likeness (QED) is 0.299. The molecular weight excluding hydrogens is 438 g/mol. The summed E-state index contributed by atoms with van der Waals surface area (Å²) in [5.74, 6) is 2.58. The summed E-state index contributed by atoms with van der Waals surface area (Å²) in [5, 5.41) is 9.23. The highest BCUT2D eigenvalue weighted by atomic mass is 16.5. The van der Waals surface area contributed by atoms with Crippen LogP contribution in [0.4, 0.5) is 0 Å². The zero-order valence-electron chi connectivity index (χ0n) is 20.3. The van der Waals surface area contributed by atoms with Gasteiger partial charge in [0.25, 0.3) is 0 Å². The van der Waals surface area contributed by atoms with Crippen molar-refractivity contribution in [2.75, 3.05) is 27.2 Å². The summed E-state index contributed by atoms with van der Waals surface area (Å²) in [6, 6.07) is 34.6. The normalized spacial score (nSPS) is 10.3. The van der Waals surface area contributed by atoms with E-state index in [4.69, 9.17) is 14.2 Å². The van der Waals surface area contributed by atoms with E-state index in [-0.39, 0.29) is 5.75 Å². The SMILES string of the molecule is CN(C)CCOc1cccc(OCc2ccccc2)c1.Oc1cccc(OCc2ccccc2)c1. The Morgan fingerprint density at radius 3 is 1.57 bits per heavy atom. The molecule has 0 saturated heterocycles. The van der Waals surface area contributed by atoms with Crippen LogP contribution in [0.2, 0.25) is 0 Å². The lowest BCUT2D eigenvalue weighted by Gasteiger charge is -2.12. The molecule has 0 bridgehead atoms. The average molecular weight is 472 g/mol. The first-order valence-electron chi connectivity index (χ1n) is 11.6. The number of likely N-dealkylation sites (N-methyl/N-ethyl adjacent to an activating group) is 1. The topological polar surface area (TPSA) is 51.2 Å². The predicted molar refractivity (Wildman–Crippen MR) is 140 cm³/mol. The van der Waals surface area contributed by atoms with E-state index in [2.05, 4.69) is 17.0 Å². The molecule has 1 N–H and O–H groups in total. The Labute approximate surface area is 208 Å². The third-order valence-corrected chi connectivity index (χ3v) is 4.93. The van der Waals surface area contributed by atoms with Gasteiger partial charge in [0.1, 0.15) is 42.8 Å². The van der Waals surface area contributed by atoms with Crippen molar-refractivity contribution in [1.29, 1.82) is 0 Å². The van der Waals surface area contributed by atoms with Crippen LogP contribution in [-0.4, -0.2) is 37.3 Å². The minimum atomic E-state index is 0.223. The molecule has 0 fully saturated rings. The summed E-state index contributed by atoms with van der Waals surface area (Å²) in [7, 11) is 4.06. The summed E-state index contributed by atoms with van der Waals surface area (Å²) < 4.78 is 17.0. The molecule has 0 aliphatic rings. The number of phenolic OH excluding ortho intramolecular Hbond substituents is 1. The standard InChI is InChI=1S/C17H21NO2.C13H12O2/c1-18(2)11-12-19-16-9-6-10-17(13-16)20-14-15-7-4-3-5-8-15;14-12-7-4-8-13(9-12)15-10-11-5-2-1-3-6-11/h3-10,13H,11-12,14H2,1-2H3;1-9,14H,10H2. The highest BCUT2D eigenvalue weighted by Crippen LogP contribution is 2.21. The fourth-order valence-electron chi connectivity index (χ4n) is 3.05. The Morgan fingerprint density at radius 2 is 1.06 bits per heavy atom. The van der Waals surface area contributed by atoms with Crippen LogP contribution in [0.1, 0.15) is 11.1 Å². The molecule has 0 atom stereocenters. The molecule has 0 aliphatic heterocycles. The fourth-order valence-corrected chi connectivity index (χ4v) is 3.05. The van der Waals surface area contributed by atoms with Crippen LogP contribution in [0.25, 0.3) is 0 Å². The van der Waals surface area contributed by atoms with E-state index in [1.165, 1.54) is 0 Å². The first-order chi connectivity index (χ1) is 17.1. The van der Waals surface area contributed by atoms with Crippen LogP contribution in [-0.2, 0) is 13.2 Å². The van der Waals surface area contributed by atoms with Crippen LogP contribution < -0.4 is 14.2 Å². The summed E-state index contributed by atoms with van der Waals surface area (Å²) in [6.07, 6.45) is 0. The number of hydrogen-bond acceptors (Lipinski definition) is 5. The second-order valence-electron chi connectivity index (χ2n) is 8.17. The van der Waals surface area contributed by atoms with E-state index < -0.39 is 0 Å². The van der Waals surface area contributed by atoms with Crippen LogP contribution in [0.15, 0.2) is 109 Å². The van der Waals surface area contributed by atoms with Gasteiger partial charge in [-0.15, -0.1) is 0 Å². The maximum absolute atomic E-state index is 9.23. The van der Waals surface area contributed by atoms with Gasteiger partial charge in [0, 0.05) is 18.7 Å². The molecular formula is C30H33NO4. The summed E-state index contributed by atoms with van der Waals surface area (Å²) in [4.78, 5) is 2.09. The van der Waals surface area contributed by atoms with Gasteiger partial charge in [-0.1, -0.05) is 72.8 Å². The van der Waals surface area contributed by atoms with Gasteiger partial charge in [0.15, 0.2) is 0 Å². The number of ether oxygens (including phenoxy) is 3. The van der Waals surface area contributed by atoms with Gasteiger partial charge < -0.3 is 24.2 Å². The highest BCUT2D eigenvalue weighted by molar-refractivity contribution is 5.33. The van der Waals surface area contributed by atoms with E-state index in [9.17, 15) is 5.11 Å². The van der Waals surface area contributed by atoms with Crippen molar-refractivity contribution in [3.63, 3.8) is 0 Å². The van der Waals surface area contributed by atoms with Crippen molar-refractivity contribution in [3.05, 3.63) is 120 Å². The molecule has 0 spiro atoms. The van der Waals surface area contributed by atoms with Crippen molar-refractivity contribution in [2.24, 2.45) is 0 Å². The van der Waals surface area contributed by atoms with E-state index >= 15 is 0 Å². The lowest BCUT2D eigenvalue weighted by Crippen LogP contribution is -2.19. The molecule has 5 heteroatoms. The molecule has 0 unspecified atom stereocenters. The maximum Gasteiger partial charge on any atom is 0.123 e. The minimum absolute atomic E-state index is 0.223. The summed E-state index contributed by atoms with van der Waals surface area (Å²) in [6.45, 7) is 2.66. The molecule has 4 aromatic rings. The smallest absolute Gasteiger partial charge is 0.123 e. The number of phenols is 1. The lowest BCUT2D eigenvalue weighted by atomic mass is 10.2. The molecule has 182 valence electrons. The zero-order chi connectivity index (χ0) is 24.7. The fraction of sp³-hybridized carbons (Fsp3) is 0.200. The number of nitrogens with zero attached hydrogens (tertiary/aromatic N) is 1. The van der Waals surface area contributed by atoms with Gasteiger partial charge in [-0.2, -0.15) is 0 Å². The second kappa shape index (κ2) is 14.3. The van der Waals surface area contributed by atoms with Gasteiger partial charge in [-0.3, -0.25) is 0 Å². The molecule has 0 radical (unpaired) electrons. The maximum atomic E-state index is 9.23. The molecule has 0 heterocycles. The van der Waals surface area contributed by atoms with Gasteiger partial charge in [-0.25, -0.2) is 0 Å². The van der Waals surface area contributed by atoms with Gasteiger partial charge in [0.2, 0.25) is 0 Å². The molecule has 0 amide bonds. The van der Waals surface area contributed by atoms with Gasteiger partial charge >= 0.3 is 0 Å². The van der Waals surface area contributed by atoms with E-state index in [0.717, 1.165) is 29.2 Å². The molecule has 0 aliphatic carbocycles. The van der Waals surface area contributed by atoms with Crippen molar-refractivity contribution in [2.45, 2.75) is 13.2 Å². The van der Waals surface area contributed by atoms with Gasteiger partial charge in [0.05, 0.1) is 0 Å². The third-order valence-electron chi connectivity index (χ3n) is 4.93. The Bertz CT molecular complexity index is 1120. The second-order valence-corrected chi connectivity index (χ2v) is 8.17. The zero-order valence-corrected chi connectivity index (χ0v) is 20.3. The van der Waals surface area contributed by atoms with E-state index in [1.54, 1.807) is 18.2 Å². The van der Waals surface area contributed by atoms with Crippen molar-refractivity contribution < 1.29 is 19.3 Å². The average Bonchev–Trinajstić information content (AvgIpc) is 2.88. The van der Waals surface area contributed by atoms with E-state index in [1.807, 2.05) is 93.0 Å². The molecule has 4 aromatic carbocycles. The van der Waals surface area contributed by atoms with Gasteiger partial charge in [-0.05, 0) is 49.5 Å². The largest absolute Gasteiger partial charge is 0.508 e. The number of benzene rings is 4. The Morgan fingerprint density at radius 1 is 0.571 bits per heavy atom. The monoisotopic (exact) mass is 471 g/mol. The molecule has 4 rings (SSSR count). The Balaban J connectivity index is 0.000000203. The van der Waals surface area contributed by atoms with Crippen LogP contribution in [0.5, 0.6) is 23.0 Å². The van der Waals surface area contributed by atoms with Crippen LogP contribution >= 0.6 is 0 Å².